The Kier molecular flexibility index (Phi) is 5.31. The Balaban J connectivity index is 0.00000162. The number of rotatable bonds is 4. The zero-order valence-electron chi connectivity index (χ0n) is 10.6. The first-order chi connectivity index (χ1) is 8.20. The Morgan fingerprint density at radius 3 is 2.72 bits per heavy atom. The van der Waals surface area contributed by atoms with E-state index in [2.05, 4.69) is 29.2 Å². The van der Waals surface area contributed by atoms with Crippen molar-refractivity contribution in [1.82, 2.24) is 10.1 Å². The summed E-state index contributed by atoms with van der Waals surface area (Å²) < 4.78 is 5.14. The number of halogens is 1. The van der Waals surface area contributed by atoms with E-state index in [0.717, 1.165) is 6.42 Å². The molecule has 0 bridgehead atoms. The first-order valence-corrected chi connectivity index (χ1v) is 5.83. The summed E-state index contributed by atoms with van der Waals surface area (Å²) in [7, 11) is 0. The van der Waals surface area contributed by atoms with E-state index in [1.807, 2.05) is 19.1 Å². The fraction of sp³-hybridized carbons (Fsp3) is 0.385. The van der Waals surface area contributed by atoms with Crippen LogP contribution in [0.25, 0.3) is 0 Å². The van der Waals surface area contributed by atoms with Crippen molar-refractivity contribution in [2.45, 2.75) is 32.7 Å². The average molecular weight is 268 g/mol. The molecule has 0 fully saturated rings. The normalized spacial score (nSPS) is 11.9. The molecule has 2 rings (SSSR count). The van der Waals surface area contributed by atoms with Crippen LogP contribution in [0.3, 0.4) is 0 Å². The summed E-state index contributed by atoms with van der Waals surface area (Å²) in [6.45, 7) is 4.07. The molecule has 5 heteroatoms. The van der Waals surface area contributed by atoms with Crippen LogP contribution in [0, 0.1) is 6.92 Å². The fourth-order valence-corrected chi connectivity index (χ4v) is 1.64. The van der Waals surface area contributed by atoms with E-state index in [-0.39, 0.29) is 18.4 Å². The Hall–Kier alpha value is -1.39. The molecule has 0 saturated carbocycles. The average Bonchev–Trinajstić information content (AvgIpc) is 2.80. The van der Waals surface area contributed by atoms with Crippen molar-refractivity contribution < 1.29 is 4.52 Å². The van der Waals surface area contributed by atoms with Crippen molar-refractivity contribution in [3.05, 3.63) is 47.1 Å². The minimum Gasteiger partial charge on any atom is -0.338 e. The van der Waals surface area contributed by atoms with Gasteiger partial charge in [-0.05, 0) is 24.5 Å². The molecule has 2 N–H and O–H groups in total. The van der Waals surface area contributed by atoms with Crippen LogP contribution < -0.4 is 5.73 Å². The predicted octanol–water partition coefficient (Wildman–Crippen LogP) is 2.80. The van der Waals surface area contributed by atoms with Gasteiger partial charge >= 0.3 is 0 Å². The maximum absolute atomic E-state index is 5.83. The van der Waals surface area contributed by atoms with E-state index in [1.165, 1.54) is 11.1 Å². The lowest BCUT2D eigenvalue weighted by atomic mass is 10.1. The third kappa shape index (κ3) is 3.31. The van der Waals surface area contributed by atoms with Crippen molar-refractivity contribution in [1.29, 1.82) is 0 Å². The third-order valence-corrected chi connectivity index (χ3v) is 2.85. The number of aromatic nitrogens is 2. The Labute approximate surface area is 113 Å². The summed E-state index contributed by atoms with van der Waals surface area (Å²) >= 11 is 0. The van der Waals surface area contributed by atoms with Gasteiger partial charge in [-0.1, -0.05) is 36.3 Å². The summed E-state index contributed by atoms with van der Waals surface area (Å²) in [5, 5.41) is 3.96. The molecule has 1 aromatic carbocycles. The molecule has 98 valence electrons. The third-order valence-electron chi connectivity index (χ3n) is 2.85. The standard InChI is InChI=1S/C13H17N3O.ClH/c1-3-11(14)13-15-12(16-17-13)8-10-7-5-4-6-9(10)2;/h4-7,11H,3,8,14H2,1-2H3;1H/t11-;/m0./s1. The van der Waals surface area contributed by atoms with Gasteiger partial charge in [0.2, 0.25) is 5.89 Å². The lowest BCUT2D eigenvalue weighted by Gasteiger charge is -2.01. The van der Waals surface area contributed by atoms with Crippen LogP contribution in [0.5, 0.6) is 0 Å². The van der Waals surface area contributed by atoms with Crippen molar-refractivity contribution in [3.63, 3.8) is 0 Å². The maximum atomic E-state index is 5.83. The number of hydrogen-bond donors (Lipinski definition) is 1. The summed E-state index contributed by atoms with van der Waals surface area (Å²) in [6, 6.07) is 8.03. The molecule has 0 amide bonds. The molecule has 0 aliphatic carbocycles. The van der Waals surface area contributed by atoms with Gasteiger partial charge in [0.15, 0.2) is 5.82 Å². The topological polar surface area (TPSA) is 64.9 Å². The van der Waals surface area contributed by atoms with Gasteiger partial charge in [-0.3, -0.25) is 0 Å². The van der Waals surface area contributed by atoms with E-state index >= 15 is 0 Å². The lowest BCUT2D eigenvalue weighted by Crippen LogP contribution is -2.09. The van der Waals surface area contributed by atoms with Crippen LogP contribution in [0.15, 0.2) is 28.8 Å². The molecule has 1 heterocycles. The van der Waals surface area contributed by atoms with Crippen LogP contribution in [0.1, 0.15) is 42.2 Å². The van der Waals surface area contributed by atoms with Crippen molar-refractivity contribution in [3.8, 4) is 0 Å². The van der Waals surface area contributed by atoms with E-state index in [1.54, 1.807) is 0 Å². The van der Waals surface area contributed by atoms with E-state index in [4.69, 9.17) is 10.3 Å². The molecule has 18 heavy (non-hydrogen) atoms. The largest absolute Gasteiger partial charge is 0.338 e. The van der Waals surface area contributed by atoms with Crippen LogP contribution in [0.2, 0.25) is 0 Å². The smallest absolute Gasteiger partial charge is 0.243 e. The first-order valence-electron chi connectivity index (χ1n) is 5.83. The first kappa shape index (κ1) is 14.7. The molecule has 4 nitrogen and oxygen atoms in total. The Bertz CT molecular complexity index is 498. The van der Waals surface area contributed by atoms with Gasteiger partial charge in [-0.2, -0.15) is 4.98 Å². The summed E-state index contributed by atoms with van der Waals surface area (Å²) in [5.41, 5.74) is 8.28. The van der Waals surface area contributed by atoms with Crippen LogP contribution >= 0.6 is 12.4 Å². The van der Waals surface area contributed by atoms with Gasteiger partial charge < -0.3 is 10.3 Å². The lowest BCUT2D eigenvalue weighted by molar-refractivity contribution is 0.348. The van der Waals surface area contributed by atoms with Crippen molar-refractivity contribution >= 4 is 12.4 Å². The summed E-state index contributed by atoms with van der Waals surface area (Å²) in [6.07, 6.45) is 1.48. The number of benzene rings is 1. The van der Waals surface area contributed by atoms with Crippen LogP contribution in [-0.4, -0.2) is 10.1 Å². The highest BCUT2D eigenvalue weighted by Crippen LogP contribution is 2.14. The minimum absolute atomic E-state index is 0. The van der Waals surface area contributed by atoms with E-state index in [0.29, 0.717) is 18.1 Å². The van der Waals surface area contributed by atoms with Gasteiger partial charge in [0.05, 0.1) is 6.04 Å². The summed E-state index contributed by atoms with van der Waals surface area (Å²) in [4.78, 5) is 4.31. The highest BCUT2D eigenvalue weighted by atomic mass is 35.5. The second-order valence-corrected chi connectivity index (χ2v) is 4.17. The molecule has 0 aliphatic rings. The van der Waals surface area contributed by atoms with Crippen molar-refractivity contribution in [2.75, 3.05) is 0 Å². The van der Waals surface area contributed by atoms with Crippen LogP contribution in [-0.2, 0) is 6.42 Å². The van der Waals surface area contributed by atoms with E-state index < -0.39 is 0 Å². The number of hydrogen-bond acceptors (Lipinski definition) is 4. The maximum Gasteiger partial charge on any atom is 0.243 e. The molecule has 0 saturated heterocycles. The highest BCUT2D eigenvalue weighted by Gasteiger charge is 2.13. The predicted molar refractivity (Wildman–Crippen MR) is 72.8 cm³/mol. The molecular formula is C13H18ClN3O. The van der Waals surface area contributed by atoms with Gasteiger partial charge in [-0.25, -0.2) is 0 Å². The molecule has 1 atom stereocenters. The zero-order valence-corrected chi connectivity index (χ0v) is 11.4. The Morgan fingerprint density at radius 1 is 1.33 bits per heavy atom. The second kappa shape index (κ2) is 6.52. The number of nitrogens with two attached hydrogens (primary N) is 1. The Morgan fingerprint density at radius 2 is 2.06 bits per heavy atom. The van der Waals surface area contributed by atoms with Crippen LogP contribution in [0.4, 0.5) is 0 Å². The number of aryl methyl sites for hydroxylation is 1. The second-order valence-electron chi connectivity index (χ2n) is 4.17. The van der Waals surface area contributed by atoms with Gasteiger partial charge in [0, 0.05) is 6.42 Å². The van der Waals surface area contributed by atoms with Gasteiger partial charge in [-0.15, -0.1) is 12.4 Å². The molecule has 1 aromatic heterocycles. The highest BCUT2D eigenvalue weighted by molar-refractivity contribution is 5.85. The molecule has 2 aromatic rings. The number of nitrogens with zero attached hydrogens (tertiary/aromatic N) is 2. The zero-order chi connectivity index (χ0) is 12.3. The SMILES string of the molecule is CC[C@H](N)c1nc(Cc2ccccc2C)no1.Cl. The van der Waals surface area contributed by atoms with Crippen molar-refractivity contribution in [2.24, 2.45) is 5.73 Å². The molecule has 0 unspecified atom stereocenters. The minimum atomic E-state index is -0.159. The summed E-state index contributed by atoms with van der Waals surface area (Å²) in [5.74, 6) is 1.22. The molecular weight excluding hydrogens is 250 g/mol. The van der Waals surface area contributed by atoms with Gasteiger partial charge in [0.1, 0.15) is 0 Å². The van der Waals surface area contributed by atoms with Gasteiger partial charge in [0.25, 0.3) is 0 Å². The molecule has 0 radical (unpaired) electrons. The quantitative estimate of drug-likeness (QED) is 0.925. The fourth-order valence-electron chi connectivity index (χ4n) is 1.64. The molecule has 0 spiro atoms. The van der Waals surface area contributed by atoms with E-state index in [9.17, 15) is 0 Å². The monoisotopic (exact) mass is 267 g/mol. The molecule has 0 aliphatic heterocycles.